The van der Waals surface area contributed by atoms with E-state index in [0.29, 0.717) is 6.54 Å². The quantitative estimate of drug-likeness (QED) is 0.754. The van der Waals surface area contributed by atoms with Gasteiger partial charge in [-0.05, 0) is 26.0 Å². The van der Waals surface area contributed by atoms with Crippen LogP contribution in [-0.2, 0) is 11.2 Å². The molecule has 0 fully saturated rings. The molecule has 3 heterocycles. The van der Waals surface area contributed by atoms with E-state index in [2.05, 4.69) is 15.3 Å². The Morgan fingerprint density at radius 3 is 3.00 bits per heavy atom. The van der Waals surface area contributed by atoms with Crippen LogP contribution in [0.2, 0.25) is 0 Å². The summed E-state index contributed by atoms with van der Waals surface area (Å²) >= 11 is 0. The lowest BCUT2D eigenvalue weighted by Crippen LogP contribution is -2.33. The van der Waals surface area contributed by atoms with Crippen molar-refractivity contribution in [2.24, 2.45) is 0 Å². The molecule has 3 rings (SSSR count). The maximum Gasteiger partial charge on any atom is 0.210 e. The molecule has 2 aromatic heterocycles. The van der Waals surface area contributed by atoms with E-state index in [9.17, 15) is 4.79 Å². The number of carbonyl (C=O) groups excluding carboxylic acids is 1. The summed E-state index contributed by atoms with van der Waals surface area (Å²) in [6.45, 7) is 4.61. The van der Waals surface area contributed by atoms with Gasteiger partial charge in [0.05, 0.1) is 11.7 Å². The minimum absolute atomic E-state index is 0.0280. The zero-order valence-corrected chi connectivity index (χ0v) is 10.9. The van der Waals surface area contributed by atoms with Crippen LogP contribution in [0.3, 0.4) is 0 Å². The maximum absolute atomic E-state index is 11.0. The number of hydrogen-bond acceptors (Lipinski definition) is 4. The lowest BCUT2D eigenvalue weighted by Gasteiger charge is -2.28. The Hall–Kier alpha value is -2.24. The third-order valence-corrected chi connectivity index (χ3v) is 3.52. The number of carbonyl (C=O) groups is 1. The zero-order valence-electron chi connectivity index (χ0n) is 10.9. The van der Waals surface area contributed by atoms with E-state index in [-0.39, 0.29) is 6.04 Å². The standard InChI is InChI=1S/C13H15N5O/c1-9-4-3-5-12(14-9)18-11-6-7-17(8-19)10(2)13(11)15-16-18/h3-5,8,10H,6-7H2,1-2H3. The molecule has 1 unspecified atom stereocenters. The summed E-state index contributed by atoms with van der Waals surface area (Å²) in [5.41, 5.74) is 2.85. The Balaban J connectivity index is 2.05. The summed E-state index contributed by atoms with van der Waals surface area (Å²) in [4.78, 5) is 17.2. The summed E-state index contributed by atoms with van der Waals surface area (Å²) in [5.74, 6) is 0.778. The lowest BCUT2D eigenvalue weighted by molar-refractivity contribution is -0.120. The minimum Gasteiger partial charge on any atom is -0.336 e. The maximum atomic E-state index is 11.0. The van der Waals surface area contributed by atoms with Gasteiger partial charge in [-0.1, -0.05) is 11.3 Å². The average Bonchev–Trinajstić information content (AvgIpc) is 2.84. The highest BCUT2D eigenvalue weighted by Gasteiger charge is 2.28. The molecule has 1 aliphatic rings. The first-order chi connectivity index (χ1) is 9.20. The highest BCUT2D eigenvalue weighted by molar-refractivity contribution is 5.49. The summed E-state index contributed by atoms with van der Waals surface area (Å²) in [7, 11) is 0. The van der Waals surface area contributed by atoms with Gasteiger partial charge in [-0.2, -0.15) is 4.68 Å². The van der Waals surface area contributed by atoms with E-state index in [1.165, 1.54) is 0 Å². The number of aromatic nitrogens is 4. The first-order valence-electron chi connectivity index (χ1n) is 6.30. The average molecular weight is 257 g/mol. The van der Waals surface area contributed by atoms with Crippen LogP contribution in [-0.4, -0.2) is 37.8 Å². The predicted octanol–water partition coefficient (Wildman–Crippen LogP) is 1.05. The lowest BCUT2D eigenvalue weighted by atomic mass is 10.1. The van der Waals surface area contributed by atoms with E-state index in [4.69, 9.17) is 0 Å². The van der Waals surface area contributed by atoms with Crippen molar-refractivity contribution in [1.29, 1.82) is 0 Å². The largest absolute Gasteiger partial charge is 0.336 e. The van der Waals surface area contributed by atoms with E-state index >= 15 is 0 Å². The van der Waals surface area contributed by atoms with Crippen molar-refractivity contribution in [3.63, 3.8) is 0 Å². The van der Waals surface area contributed by atoms with Crippen molar-refractivity contribution in [3.05, 3.63) is 35.3 Å². The Morgan fingerprint density at radius 1 is 1.42 bits per heavy atom. The molecule has 0 aliphatic carbocycles. The van der Waals surface area contributed by atoms with Crippen LogP contribution in [0, 0.1) is 6.92 Å². The van der Waals surface area contributed by atoms with Gasteiger partial charge in [-0.15, -0.1) is 5.10 Å². The number of rotatable bonds is 2. The smallest absolute Gasteiger partial charge is 0.210 e. The molecule has 6 heteroatoms. The molecule has 98 valence electrons. The first kappa shape index (κ1) is 11.8. The van der Waals surface area contributed by atoms with Crippen LogP contribution in [0.25, 0.3) is 5.82 Å². The molecule has 0 aromatic carbocycles. The SMILES string of the molecule is Cc1cccc(-n2nnc3c2CCN(C=O)C3C)n1. The van der Waals surface area contributed by atoms with Crippen LogP contribution < -0.4 is 0 Å². The number of nitrogens with zero attached hydrogens (tertiary/aromatic N) is 5. The molecule has 0 bridgehead atoms. The van der Waals surface area contributed by atoms with Crippen molar-refractivity contribution in [1.82, 2.24) is 24.9 Å². The molecule has 0 saturated carbocycles. The van der Waals surface area contributed by atoms with Gasteiger partial charge in [-0.3, -0.25) is 4.79 Å². The second-order valence-corrected chi connectivity index (χ2v) is 4.74. The molecule has 0 spiro atoms. The number of amides is 1. The molecule has 19 heavy (non-hydrogen) atoms. The van der Waals surface area contributed by atoms with Gasteiger partial charge in [0.25, 0.3) is 0 Å². The third-order valence-electron chi connectivity index (χ3n) is 3.52. The van der Waals surface area contributed by atoms with E-state index in [1.807, 2.05) is 32.0 Å². The molecular formula is C13H15N5O. The molecule has 1 aliphatic heterocycles. The van der Waals surface area contributed by atoms with Gasteiger partial charge in [0.1, 0.15) is 5.69 Å². The Bertz CT molecular complexity index is 621. The van der Waals surface area contributed by atoms with E-state index < -0.39 is 0 Å². The monoisotopic (exact) mass is 257 g/mol. The summed E-state index contributed by atoms with van der Waals surface area (Å²) in [6.07, 6.45) is 1.62. The third kappa shape index (κ3) is 1.89. The number of aryl methyl sites for hydroxylation is 1. The molecule has 2 aromatic rings. The van der Waals surface area contributed by atoms with Crippen LogP contribution in [0.1, 0.15) is 30.0 Å². The molecule has 1 amide bonds. The number of fused-ring (bicyclic) bond motifs is 1. The van der Waals surface area contributed by atoms with Crippen LogP contribution in [0.4, 0.5) is 0 Å². The second kappa shape index (κ2) is 4.46. The zero-order chi connectivity index (χ0) is 13.4. The van der Waals surface area contributed by atoms with E-state index in [0.717, 1.165) is 35.7 Å². The van der Waals surface area contributed by atoms with E-state index in [1.54, 1.807) is 9.58 Å². The van der Waals surface area contributed by atoms with Crippen molar-refractivity contribution in [2.45, 2.75) is 26.3 Å². The van der Waals surface area contributed by atoms with Crippen molar-refractivity contribution < 1.29 is 4.79 Å². The van der Waals surface area contributed by atoms with Crippen molar-refractivity contribution in [3.8, 4) is 5.82 Å². The van der Waals surface area contributed by atoms with Gasteiger partial charge >= 0.3 is 0 Å². The molecule has 0 radical (unpaired) electrons. The Kier molecular flexibility index (Phi) is 2.77. The topological polar surface area (TPSA) is 63.9 Å². The van der Waals surface area contributed by atoms with Crippen LogP contribution >= 0.6 is 0 Å². The summed E-state index contributed by atoms with van der Waals surface area (Å²) < 4.78 is 1.78. The normalized spacial score (nSPS) is 18.2. The van der Waals surface area contributed by atoms with Crippen LogP contribution in [0.15, 0.2) is 18.2 Å². The molecule has 1 atom stereocenters. The molecule has 0 N–H and O–H groups in total. The van der Waals surface area contributed by atoms with Crippen molar-refractivity contribution >= 4 is 6.41 Å². The van der Waals surface area contributed by atoms with Gasteiger partial charge < -0.3 is 4.90 Å². The second-order valence-electron chi connectivity index (χ2n) is 4.74. The molecular weight excluding hydrogens is 242 g/mol. The minimum atomic E-state index is -0.0280. The Morgan fingerprint density at radius 2 is 2.26 bits per heavy atom. The van der Waals surface area contributed by atoms with Gasteiger partial charge in [0.15, 0.2) is 5.82 Å². The summed E-state index contributed by atoms with van der Waals surface area (Å²) in [5, 5.41) is 8.40. The first-order valence-corrected chi connectivity index (χ1v) is 6.30. The molecule has 6 nitrogen and oxygen atoms in total. The summed E-state index contributed by atoms with van der Waals surface area (Å²) in [6, 6.07) is 5.79. The number of hydrogen-bond donors (Lipinski definition) is 0. The van der Waals surface area contributed by atoms with Gasteiger partial charge in [0.2, 0.25) is 6.41 Å². The highest BCUT2D eigenvalue weighted by atomic mass is 16.1. The molecule has 0 saturated heterocycles. The van der Waals surface area contributed by atoms with Gasteiger partial charge in [-0.25, -0.2) is 4.98 Å². The fraction of sp³-hybridized carbons (Fsp3) is 0.385. The fourth-order valence-corrected chi connectivity index (χ4v) is 2.43. The highest BCUT2D eigenvalue weighted by Crippen LogP contribution is 2.27. The van der Waals surface area contributed by atoms with Crippen LogP contribution in [0.5, 0.6) is 0 Å². The number of pyridine rings is 1. The predicted molar refractivity (Wildman–Crippen MR) is 68.8 cm³/mol. The fourth-order valence-electron chi connectivity index (χ4n) is 2.43. The Labute approximate surface area is 111 Å². The van der Waals surface area contributed by atoms with Crippen molar-refractivity contribution in [2.75, 3.05) is 6.54 Å². The van der Waals surface area contributed by atoms with Gasteiger partial charge in [0, 0.05) is 18.7 Å².